The summed E-state index contributed by atoms with van der Waals surface area (Å²) in [7, 11) is 0. The Balaban J connectivity index is 2.01. The first-order valence-electron chi connectivity index (χ1n) is 7.75. The molecule has 0 fully saturated rings. The van der Waals surface area contributed by atoms with Crippen LogP contribution >= 0.6 is 23.2 Å². The Morgan fingerprint density at radius 3 is 2.44 bits per heavy atom. The molecule has 0 spiro atoms. The van der Waals surface area contributed by atoms with E-state index >= 15 is 0 Å². The number of aryl methyl sites for hydroxylation is 1. The molecular formula is C18H10Cl2F2N4O. The van der Waals surface area contributed by atoms with E-state index < -0.39 is 11.4 Å². The molecule has 0 amide bonds. The van der Waals surface area contributed by atoms with E-state index in [1.54, 1.807) is 19.1 Å². The van der Waals surface area contributed by atoms with E-state index in [2.05, 4.69) is 15.1 Å². The van der Waals surface area contributed by atoms with E-state index in [0.29, 0.717) is 22.5 Å². The van der Waals surface area contributed by atoms with Crippen LogP contribution in [0.25, 0.3) is 28.0 Å². The molecule has 5 nitrogen and oxygen atoms in total. The number of hydrogen-bond donors (Lipinski definition) is 1. The van der Waals surface area contributed by atoms with Gasteiger partial charge in [0.2, 0.25) is 0 Å². The number of nitrogens with one attached hydrogen (secondary N) is 1. The van der Waals surface area contributed by atoms with Crippen LogP contribution in [0.2, 0.25) is 10.3 Å². The SMILES string of the molecule is Cc1[nH]n2c(=O)cc(-c3cc(F)c(Cl)nc3Cl)nc2c1-c1ccc(F)cc1. The van der Waals surface area contributed by atoms with Crippen LogP contribution in [-0.4, -0.2) is 19.6 Å². The van der Waals surface area contributed by atoms with Gasteiger partial charge in [-0.2, -0.15) is 0 Å². The van der Waals surface area contributed by atoms with Crippen molar-refractivity contribution in [3.63, 3.8) is 0 Å². The monoisotopic (exact) mass is 406 g/mol. The van der Waals surface area contributed by atoms with Crippen LogP contribution in [0, 0.1) is 18.6 Å². The van der Waals surface area contributed by atoms with Gasteiger partial charge in [0.05, 0.1) is 5.69 Å². The van der Waals surface area contributed by atoms with E-state index in [-0.39, 0.29) is 27.4 Å². The van der Waals surface area contributed by atoms with Crippen LogP contribution in [0.1, 0.15) is 5.69 Å². The molecule has 3 heterocycles. The minimum absolute atomic E-state index is 0.0757. The highest BCUT2D eigenvalue weighted by molar-refractivity contribution is 6.34. The molecule has 0 bridgehead atoms. The number of hydrogen-bond acceptors (Lipinski definition) is 3. The van der Waals surface area contributed by atoms with Gasteiger partial charge in [-0.05, 0) is 30.7 Å². The molecule has 0 unspecified atom stereocenters. The van der Waals surface area contributed by atoms with Crippen LogP contribution < -0.4 is 5.56 Å². The van der Waals surface area contributed by atoms with Crippen LogP contribution in [0.4, 0.5) is 8.78 Å². The number of benzene rings is 1. The quantitative estimate of drug-likeness (QED) is 0.493. The highest BCUT2D eigenvalue weighted by Crippen LogP contribution is 2.31. The Morgan fingerprint density at radius 2 is 1.74 bits per heavy atom. The zero-order valence-electron chi connectivity index (χ0n) is 13.7. The van der Waals surface area contributed by atoms with Crippen molar-refractivity contribution in [3.05, 3.63) is 74.4 Å². The number of pyridine rings is 1. The maximum Gasteiger partial charge on any atom is 0.273 e. The van der Waals surface area contributed by atoms with E-state index in [0.717, 1.165) is 6.07 Å². The average molecular weight is 407 g/mol. The zero-order chi connectivity index (χ0) is 19.3. The molecule has 0 aliphatic rings. The summed E-state index contributed by atoms with van der Waals surface area (Å²) in [6.07, 6.45) is 0. The van der Waals surface area contributed by atoms with Crippen molar-refractivity contribution in [2.24, 2.45) is 0 Å². The number of H-pyrrole nitrogens is 1. The van der Waals surface area contributed by atoms with Crippen molar-refractivity contribution in [2.75, 3.05) is 0 Å². The largest absolute Gasteiger partial charge is 0.293 e. The van der Waals surface area contributed by atoms with Gasteiger partial charge in [0, 0.05) is 22.9 Å². The van der Waals surface area contributed by atoms with Gasteiger partial charge in [0.25, 0.3) is 5.56 Å². The maximum absolute atomic E-state index is 13.8. The summed E-state index contributed by atoms with van der Waals surface area (Å²) < 4.78 is 28.4. The standard InChI is InChI=1S/C18H10Cl2F2N4O/c1-8-15(9-2-4-10(21)5-3-9)18-23-13(7-14(27)26(18)25-8)11-6-12(22)17(20)24-16(11)19/h2-7,25H,1H3. The molecule has 9 heteroatoms. The van der Waals surface area contributed by atoms with Crippen molar-refractivity contribution in [3.8, 4) is 22.4 Å². The molecule has 27 heavy (non-hydrogen) atoms. The summed E-state index contributed by atoms with van der Waals surface area (Å²) >= 11 is 11.7. The van der Waals surface area contributed by atoms with Gasteiger partial charge in [-0.25, -0.2) is 23.3 Å². The number of fused-ring (bicyclic) bond motifs is 1. The maximum atomic E-state index is 13.8. The van der Waals surface area contributed by atoms with Gasteiger partial charge in [-0.3, -0.25) is 9.89 Å². The molecule has 3 aromatic heterocycles. The first-order chi connectivity index (χ1) is 12.8. The summed E-state index contributed by atoms with van der Waals surface area (Å²) in [4.78, 5) is 20.7. The second-order valence-electron chi connectivity index (χ2n) is 5.86. The Morgan fingerprint density at radius 1 is 1.04 bits per heavy atom. The second kappa shape index (κ2) is 6.44. The summed E-state index contributed by atoms with van der Waals surface area (Å²) in [5.74, 6) is -1.15. The van der Waals surface area contributed by atoms with E-state index in [1.807, 2.05) is 0 Å². The minimum atomic E-state index is -0.776. The lowest BCUT2D eigenvalue weighted by Gasteiger charge is -2.06. The van der Waals surface area contributed by atoms with Crippen molar-refractivity contribution in [1.29, 1.82) is 0 Å². The number of halogens is 4. The normalized spacial score (nSPS) is 11.3. The highest BCUT2D eigenvalue weighted by Gasteiger charge is 2.18. The van der Waals surface area contributed by atoms with Crippen LogP contribution in [0.5, 0.6) is 0 Å². The third-order valence-corrected chi connectivity index (χ3v) is 4.65. The average Bonchev–Trinajstić information content (AvgIpc) is 2.95. The van der Waals surface area contributed by atoms with Gasteiger partial charge in [-0.1, -0.05) is 35.3 Å². The molecule has 4 rings (SSSR count). The van der Waals surface area contributed by atoms with E-state index in [1.165, 1.54) is 22.7 Å². The number of aromatic amines is 1. The van der Waals surface area contributed by atoms with E-state index in [4.69, 9.17) is 23.2 Å². The Bertz CT molecular complexity index is 1250. The summed E-state index contributed by atoms with van der Waals surface area (Å²) in [6.45, 7) is 1.77. The molecule has 0 saturated heterocycles. The Labute approximate surface area is 161 Å². The third-order valence-electron chi connectivity index (χ3n) is 4.09. The number of nitrogens with zero attached hydrogens (tertiary/aromatic N) is 3. The molecule has 0 atom stereocenters. The van der Waals surface area contributed by atoms with Crippen molar-refractivity contribution >= 4 is 28.8 Å². The molecule has 0 aliphatic carbocycles. The number of rotatable bonds is 2. The molecular weight excluding hydrogens is 397 g/mol. The molecule has 4 aromatic rings. The van der Waals surface area contributed by atoms with Gasteiger partial charge >= 0.3 is 0 Å². The number of aromatic nitrogens is 4. The molecule has 1 aromatic carbocycles. The first kappa shape index (κ1) is 17.6. The Kier molecular flexibility index (Phi) is 4.20. The lowest BCUT2D eigenvalue weighted by molar-refractivity contribution is 0.622. The van der Waals surface area contributed by atoms with Crippen LogP contribution in [-0.2, 0) is 0 Å². The molecule has 1 N–H and O–H groups in total. The minimum Gasteiger partial charge on any atom is -0.293 e. The van der Waals surface area contributed by atoms with Gasteiger partial charge in [0.15, 0.2) is 16.6 Å². The lowest BCUT2D eigenvalue weighted by atomic mass is 10.1. The molecule has 136 valence electrons. The first-order valence-corrected chi connectivity index (χ1v) is 8.51. The molecule has 0 saturated carbocycles. The topological polar surface area (TPSA) is 63.0 Å². The summed E-state index contributed by atoms with van der Waals surface area (Å²) in [5, 5.41) is 2.48. The predicted molar refractivity (Wildman–Crippen MR) is 99.2 cm³/mol. The van der Waals surface area contributed by atoms with Crippen molar-refractivity contribution < 1.29 is 8.78 Å². The third kappa shape index (κ3) is 2.98. The fourth-order valence-electron chi connectivity index (χ4n) is 2.87. The van der Waals surface area contributed by atoms with Gasteiger partial charge in [-0.15, -0.1) is 0 Å². The summed E-state index contributed by atoms with van der Waals surface area (Å²) in [5.41, 5.74) is 2.12. The second-order valence-corrected chi connectivity index (χ2v) is 6.57. The highest BCUT2D eigenvalue weighted by atomic mass is 35.5. The predicted octanol–water partition coefficient (Wildman–Crippen LogP) is 4.65. The van der Waals surface area contributed by atoms with Crippen LogP contribution in [0.3, 0.4) is 0 Å². The Hall–Kier alpha value is -2.77. The van der Waals surface area contributed by atoms with Crippen LogP contribution in [0.15, 0.2) is 41.2 Å². The smallest absolute Gasteiger partial charge is 0.273 e. The fraction of sp³-hybridized carbons (Fsp3) is 0.0556. The molecule has 0 radical (unpaired) electrons. The van der Waals surface area contributed by atoms with Crippen molar-refractivity contribution in [1.82, 2.24) is 19.6 Å². The lowest BCUT2D eigenvalue weighted by Crippen LogP contribution is -2.14. The summed E-state index contributed by atoms with van der Waals surface area (Å²) in [6, 6.07) is 8.09. The molecule has 0 aliphatic heterocycles. The fourth-order valence-corrected chi connectivity index (χ4v) is 3.29. The van der Waals surface area contributed by atoms with Gasteiger partial charge in [0.1, 0.15) is 11.0 Å². The van der Waals surface area contributed by atoms with E-state index in [9.17, 15) is 13.6 Å². The van der Waals surface area contributed by atoms with Crippen molar-refractivity contribution in [2.45, 2.75) is 6.92 Å². The zero-order valence-corrected chi connectivity index (χ0v) is 15.2. The van der Waals surface area contributed by atoms with Gasteiger partial charge < -0.3 is 0 Å².